The lowest BCUT2D eigenvalue weighted by Gasteiger charge is -2.39. The summed E-state index contributed by atoms with van der Waals surface area (Å²) in [5.74, 6) is 2.94. The third-order valence-electron chi connectivity index (χ3n) is 6.60. The van der Waals surface area contributed by atoms with E-state index in [0.717, 1.165) is 11.8 Å². The molecule has 4 fully saturated rings. The van der Waals surface area contributed by atoms with Crippen molar-refractivity contribution < 1.29 is 9.47 Å². The van der Waals surface area contributed by atoms with E-state index >= 15 is 0 Å². The molecule has 0 bridgehead atoms. The van der Waals surface area contributed by atoms with Gasteiger partial charge in [0.25, 0.3) is 0 Å². The third-order valence-corrected chi connectivity index (χ3v) is 6.60. The summed E-state index contributed by atoms with van der Waals surface area (Å²) < 4.78 is 12.7. The van der Waals surface area contributed by atoms with Gasteiger partial charge in [-0.1, -0.05) is 27.7 Å². The molecule has 2 saturated heterocycles. The van der Waals surface area contributed by atoms with Crippen LogP contribution in [-0.4, -0.2) is 23.4 Å². The second kappa shape index (κ2) is 4.23. The molecule has 2 heterocycles. The number of hydrogen-bond acceptors (Lipinski definition) is 2. The minimum Gasteiger partial charge on any atom is -0.366 e. The Hall–Kier alpha value is -0.0800. The van der Waals surface area contributed by atoms with Gasteiger partial charge in [0.05, 0.1) is 12.2 Å². The van der Waals surface area contributed by atoms with Gasteiger partial charge in [-0.3, -0.25) is 0 Å². The lowest BCUT2D eigenvalue weighted by Crippen LogP contribution is -2.47. The molecule has 0 amide bonds. The van der Waals surface area contributed by atoms with Crippen LogP contribution < -0.4 is 0 Å². The molecule has 0 radical (unpaired) electrons. The van der Waals surface area contributed by atoms with Crippen molar-refractivity contribution in [2.45, 2.75) is 89.6 Å². The fraction of sp³-hybridized carbons (Fsp3) is 1.00. The molecule has 20 heavy (non-hydrogen) atoms. The molecule has 2 heteroatoms. The Labute approximate surface area is 123 Å². The fourth-order valence-electron chi connectivity index (χ4n) is 5.94. The first-order chi connectivity index (χ1) is 9.48. The van der Waals surface area contributed by atoms with Crippen LogP contribution in [0.3, 0.4) is 0 Å². The van der Waals surface area contributed by atoms with E-state index in [1.807, 2.05) is 0 Å². The molecule has 2 aliphatic heterocycles. The molecule has 0 aromatic carbocycles. The summed E-state index contributed by atoms with van der Waals surface area (Å²) in [5.41, 5.74) is 0.356. The molecule has 0 aromatic rings. The van der Waals surface area contributed by atoms with Crippen LogP contribution in [0, 0.1) is 23.7 Å². The largest absolute Gasteiger partial charge is 0.366 e. The lowest BCUT2D eigenvalue weighted by atomic mass is 9.62. The minimum atomic E-state index is 0.178. The lowest BCUT2D eigenvalue weighted by molar-refractivity contribution is 0.0508. The zero-order chi connectivity index (χ0) is 14.1. The molecule has 2 saturated carbocycles. The highest BCUT2D eigenvalue weighted by Crippen LogP contribution is 2.66. The van der Waals surface area contributed by atoms with Gasteiger partial charge in [-0.25, -0.2) is 0 Å². The van der Waals surface area contributed by atoms with Crippen LogP contribution >= 0.6 is 0 Å². The van der Waals surface area contributed by atoms with E-state index in [-0.39, 0.29) is 11.2 Å². The summed E-state index contributed by atoms with van der Waals surface area (Å²) in [5, 5.41) is 0. The third kappa shape index (κ3) is 1.76. The van der Waals surface area contributed by atoms with Crippen LogP contribution in [0.4, 0.5) is 0 Å². The minimum absolute atomic E-state index is 0.178. The first-order valence-electron chi connectivity index (χ1n) is 8.83. The maximum atomic E-state index is 6.36. The van der Waals surface area contributed by atoms with Crippen LogP contribution in [0.2, 0.25) is 0 Å². The Kier molecular flexibility index (Phi) is 2.87. The number of hydrogen-bond donors (Lipinski definition) is 0. The quantitative estimate of drug-likeness (QED) is 0.724. The maximum Gasteiger partial charge on any atom is 0.101 e. The molecular weight excluding hydrogens is 248 g/mol. The zero-order valence-electron chi connectivity index (χ0n) is 13.5. The van der Waals surface area contributed by atoms with Gasteiger partial charge in [0.1, 0.15) is 11.2 Å². The Morgan fingerprint density at radius 2 is 1.25 bits per heavy atom. The molecule has 2 aliphatic carbocycles. The van der Waals surface area contributed by atoms with E-state index in [0.29, 0.717) is 24.0 Å². The fourth-order valence-corrected chi connectivity index (χ4v) is 5.94. The predicted molar refractivity (Wildman–Crippen MR) is 79.6 cm³/mol. The SMILES string of the molecule is CC1CCC2OC2(C(C(C)C)[C@]23CC(C)CCC2O3)C1. The van der Waals surface area contributed by atoms with Crippen molar-refractivity contribution in [3.8, 4) is 0 Å². The summed E-state index contributed by atoms with van der Waals surface area (Å²) >= 11 is 0. The first kappa shape index (κ1) is 13.6. The number of fused-ring (bicyclic) bond motifs is 2. The van der Waals surface area contributed by atoms with Crippen molar-refractivity contribution >= 4 is 0 Å². The summed E-state index contributed by atoms with van der Waals surface area (Å²) in [4.78, 5) is 0. The number of epoxide rings is 2. The van der Waals surface area contributed by atoms with Crippen molar-refractivity contribution in [2.24, 2.45) is 23.7 Å². The van der Waals surface area contributed by atoms with E-state index in [2.05, 4.69) is 27.7 Å². The smallest absolute Gasteiger partial charge is 0.101 e. The topological polar surface area (TPSA) is 25.1 Å². The van der Waals surface area contributed by atoms with Crippen molar-refractivity contribution in [3.63, 3.8) is 0 Å². The predicted octanol–water partition coefficient (Wildman–Crippen LogP) is 4.17. The van der Waals surface area contributed by atoms with Gasteiger partial charge in [-0.05, 0) is 56.3 Å². The van der Waals surface area contributed by atoms with Crippen LogP contribution in [0.5, 0.6) is 0 Å². The monoisotopic (exact) mass is 278 g/mol. The molecule has 6 unspecified atom stereocenters. The van der Waals surface area contributed by atoms with Gasteiger partial charge < -0.3 is 9.47 Å². The van der Waals surface area contributed by atoms with Gasteiger partial charge >= 0.3 is 0 Å². The van der Waals surface area contributed by atoms with Gasteiger partial charge in [0.2, 0.25) is 0 Å². The molecule has 2 nitrogen and oxygen atoms in total. The van der Waals surface area contributed by atoms with Crippen molar-refractivity contribution in [3.05, 3.63) is 0 Å². The highest BCUT2D eigenvalue weighted by Gasteiger charge is 2.75. The summed E-state index contributed by atoms with van der Waals surface area (Å²) in [6.07, 6.45) is 8.89. The van der Waals surface area contributed by atoms with E-state index in [1.165, 1.54) is 38.5 Å². The summed E-state index contributed by atoms with van der Waals surface area (Å²) in [6.45, 7) is 9.60. The second-order valence-corrected chi connectivity index (χ2v) is 8.62. The van der Waals surface area contributed by atoms with Gasteiger partial charge in [-0.15, -0.1) is 0 Å². The molecule has 0 N–H and O–H groups in total. The molecule has 7 atom stereocenters. The average molecular weight is 278 g/mol. The molecule has 4 aliphatic rings. The van der Waals surface area contributed by atoms with Gasteiger partial charge in [0, 0.05) is 5.92 Å². The highest BCUT2D eigenvalue weighted by molar-refractivity contribution is 5.22. The van der Waals surface area contributed by atoms with Crippen LogP contribution in [0.25, 0.3) is 0 Å². The van der Waals surface area contributed by atoms with E-state index < -0.39 is 0 Å². The van der Waals surface area contributed by atoms with Crippen molar-refractivity contribution in [1.82, 2.24) is 0 Å². The van der Waals surface area contributed by atoms with Gasteiger partial charge in [-0.2, -0.15) is 0 Å². The number of ether oxygens (including phenoxy) is 2. The average Bonchev–Trinajstić information content (AvgIpc) is 3.21. The number of rotatable bonds is 3. The first-order valence-corrected chi connectivity index (χ1v) is 8.83. The standard InChI is InChI=1S/C18H30O2/c1-11(2)16(17-9-12(3)5-7-14(17)19-17)18-10-13(4)6-8-15(18)20-18/h11-16H,5-10H2,1-4H3/t12?,13?,14?,15?,16?,17-,18?/m0/s1. The van der Waals surface area contributed by atoms with Crippen molar-refractivity contribution in [1.29, 1.82) is 0 Å². The molecule has 0 spiro atoms. The van der Waals surface area contributed by atoms with Crippen LogP contribution in [-0.2, 0) is 9.47 Å². The molecular formula is C18H30O2. The van der Waals surface area contributed by atoms with E-state index in [1.54, 1.807) is 0 Å². The summed E-state index contributed by atoms with van der Waals surface area (Å²) in [7, 11) is 0. The van der Waals surface area contributed by atoms with E-state index in [9.17, 15) is 0 Å². The van der Waals surface area contributed by atoms with Crippen LogP contribution in [0.15, 0.2) is 0 Å². The normalized spacial score (nSPS) is 55.0. The molecule has 4 rings (SSSR count). The maximum absolute atomic E-state index is 6.36. The summed E-state index contributed by atoms with van der Waals surface area (Å²) in [6, 6.07) is 0. The Morgan fingerprint density at radius 1 is 0.800 bits per heavy atom. The molecule has 114 valence electrons. The highest BCUT2D eigenvalue weighted by atomic mass is 16.6. The Balaban J connectivity index is 1.63. The van der Waals surface area contributed by atoms with E-state index in [4.69, 9.17) is 9.47 Å². The van der Waals surface area contributed by atoms with Crippen LogP contribution in [0.1, 0.15) is 66.2 Å². The van der Waals surface area contributed by atoms with Crippen molar-refractivity contribution in [2.75, 3.05) is 0 Å². The second-order valence-electron chi connectivity index (χ2n) is 8.62. The Morgan fingerprint density at radius 3 is 1.65 bits per heavy atom. The molecule has 0 aromatic heterocycles. The zero-order valence-corrected chi connectivity index (χ0v) is 13.5. The Bertz CT molecular complexity index is 372. The van der Waals surface area contributed by atoms with Gasteiger partial charge in [0.15, 0.2) is 0 Å².